The molecule has 7 heteroatoms. The molecular formula is C14H16BrN3O3. The van der Waals surface area contributed by atoms with Gasteiger partial charge in [-0.05, 0) is 34.5 Å². The van der Waals surface area contributed by atoms with Crippen molar-refractivity contribution in [3.05, 3.63) is 39.6 Å². The van der Waals surface area contributed by atoms with Gasteiger partial charge in [-0.2, -0.15) is 5.10 Å². The molecular weight excluding hydrogens is 338 g/mol. The van der Waals surface area contributed by atoms with Gasteiger partial charge in [0.15, 0.2) is 0 Å². The van der Waals surface area contributed by atoms with E-state index in [0.717, 1.165) is 22.3 Å². The fourth-order valence-corrected chi connectivity index (χ4v) is 2.68. The van der Waals surface area contributed by atoms with Crippen LogP contribution < -0.4 is 10.5 Å². The number of halogens is 1. The van der Waals surface area contributed by atoms with Gasteiger partial charge >= 0.3 is 5.97 Å². The number of carboxylic acids is 1. The molecule has 0 saturated carbocycles. The standard InChI is InChI=1S/C14H16BrN3O3/c1-3-11-13(15)12(18(2)17-11)7-21-8-4-5-9(14(19)20)10(16)6-8/h4-6H,3,7,16H2,1-2H3,(H,19,20). The van der Waals surface area contributed by atoms with Crippen LogP contribution in [-0.2, 0) is 20.1 Å². The number of carboxylic acid groups (broad SMARTS) is 1. The Morgan fingerprint density at radius 1 is 1.52 bits per heavy atom. The molecule has 21 heavy (non-hydrogen) atoms. The van der Waals surface area contributed by atoms with Crippen molar-refractivity contribution in [3.8, 4) is 5.75 Å². The van der Waals surface area contributed by atoms with Crippen molar-refractivity contribution < 1.29 is 14.6 Å². The third-order valence-corrected chi connectivity index (χ3v) is 4.05. The number of aryl methyl sites for hydroxylation is 2. The predicted molar refractivity (Wildman–Crippen MR) is 82.4 cm³/mol. The van der Waals surface area contributed by atoms with Crippen molar-refractivity contribution in [1.29, 1.82) is 0 Å². The quantitative estimate of drug-likeness (QED) is 0.806. The highest BCUT2D eigenvalue weighted by molar-refractivity contribution is 9.10. The third-order valence-electron chi connectivity index (χ3n) is 3.13. The molecule has 1 aromatic heterocycles. The Labute approximate surface area is 130 Å². The largest absolute Gasteiger partial charge is 0.487 e. The van der Waals surface area contributed by atoms with Crippen molar-refractivity contribution in [2.45, 2.75) is 20.0 Å². The third kappa shape index (κ3) is 3.18. The maximum absolute atomic E-state index is 10.9. The molecule has 1 aromatic carbocycles. The maximum Gasteiger partial charge on any atom is 0.337 e. The SMILES string of the molecule is CCc1nn(C)c(COc2ccc(C(=O)O)c(N)c2)c1Br. The van der Waals surface area contributed by atoms with Gasteiger partial charge < -0.3 is 15.6 Å². The van der Waals surface area contributed by atoms with Crippen LogP contribution in [-0.4, -0.2) is 20.9 Å². The number of ether oxygens (including phenoxy) is 1. The zero-order chi connectivity index (χ0) is 15.6. The van der Waals surface area contributed by atoms with Crippen LogP contribution in [0.4, 0.5) is 5.69 Å². The van der Waals surface area contributed by atoms with Crippen molar-refractivity contribution in [3.63, 3.8) is 0 Å². The van der Waals surface area contributed by atoms with E-state index in [4.69, 9.17) is 15.6 Å². The number of aromatic carboxylic acids is 1. The van der Waals surface area contributed by atoms with E-state index in [1.807, 2.05) is 14.0 Å². The lowest BCUT2D eigenvalue weighted by molar-refractivity contribution is 0.0698. The van der Waals surface area contributed by atoms with Crippen LogP contribution >= 0.6 is 15.9 Å². The van der Waals surface area contributed by atoms with Gasteiger partial charge in [-0.1, -0.05) is 6.92 Å². The highest BCUT2D eigenvalue weighted by Crippen LogP contribution is 2.25. The van der Waals surface area contributed by atoms with Crippen molar-refractivity contribution in [1.82, 2.24) is 9.78 Å². The Kier molecular flexibility index (Phi) is 4.52. The molecule has 0 bridgehead atoms. The molecule has 2 rings (SSSR count). The second-order valence-corrected chi connectivity index (χ2v) is 5.32. The van der Waals surface area contributed by atoms with Crippen molar-refractivity contribution in [2.75, 3.05) is 5.73 Å². The molecule has 2 aromatic rings. The molecule has 1 heterocycles. The van der Waals surface area contributed by atoms with Crippen LogP contribution in [0.3, 0.4) is 0 Å². The molecule has 112 valence electrons. The lowest BCUT2D eigenvalue weighted by atomic mass is 10.2. The van der Waals surface area contributed by atoms with Gasteiger partial charge in [0.25, 0.3) is 0 Å². The number of rotatable bonds is 5. The minimum atomic E-state index is -1.05. The molecule has 6 nitrogen and oxygen atoms in total. The zero-order valence-electron chi connectivity index (χ0n) is 11.8. The van der Waals surface area contributed by atoms with Gasteiger partial charge in [-0.15, -0.1) is 0 Å². The first-order chi connectivity index (χ1) is 9.93. The second kappa shape index (κ2) is 6.17. The van der Waals surface area contributed by atoms with E-state index in [2.05, 4.69) is 21.0 Å². The summed E-state index contributed by atoms with van der Waals surface area (Å²) in [5, 5.41) is 13.3. The average Bonchev–Trinajstić information content (AvgIpc) is 2.71. The Morgan fingerprint density at radius 2 is 2.24 bits per heavy atom. The van der Waals surface area contributed by atoms with Gasteiger partial charge in [-0.3, -0.25) is 4.68 Å². The first-order valence-electron chi connectivity index (χ1n) is 6.39. The number of nitrogens with two attached hydrogens (primary N) is 1. The monoisotopic (exact) mass is 353 g/mol. The maximum atomic E-state index is 10.9. The summed E-state index contributed by atoms with van der Waals surface area (Å²) < 4.78 is 8.36. The van der Waals surface area contributed by atoms with Crippen molar-refractivity contribution in [2.24, 2.45) is 7.05 Å². The van der Waals surface area contributed by atoms with E-state index < -0.39 is 5.97 Å². The topological polar surface area (TPSA) is 90.4 Å². The first kappa shape index (κ1) is 15.4. The molecule has 0 radical (unpaired) electrons. The number of carbonyl (C=O) groups is 1. The smallest absolute Gasteiger partial charge is 0.337 e. The van der Waals surface area contributed by atoms with Crippen LogP contribution in [0.5, 0.6) is 5.75 Å². The summed E-state index contributed by atoms with van der Waals surface area (Å²) in [5.41, 5.74) is 7.81. The molecule has 0 aliphatic carbocycles. The Balaban J connectivity index is 2.15. The molecule has 0 aliphatic rings. The van der Waals surface area contributed by atoms with Crippen LogP contribution in [0.2, 0.25) is 0 Å². The molecule has 0 spiro atoms. The number of anilines is 1. The Bertz CT molecular complexity index is 682. The number of hydrogen-bond donors (Lipinski definition) is 2. The van der Waals surface area contributed by atoms with Gasteiger partial charge in [-0.25, -0.2) is 4.79 Å². The van der Waals surface area contributed by atoms with Gasteiger partial charge in [0.2, 0.25) is 0 Å². The summed E-state index contributed by atoms with van der Waals surface area (Å²) in [7, 11) is 1.85. The lowest BCUT2D eigenvalue weighted by Gasteiger charge is -2.09. The first-order valence-corrected chi connectivity index (χ1v) is 7.19. The summed E-state index contributed by atoms with van der Waals surface area (Å²) >= 11 is 3.52. The van der Waals surface area contributed by atoms with E-state index >= 15 is 0 Å². The normalized spacial score (nSPS) is 10.6. The van der Waals surface area contributed by atoms with Gasteiger partial charge in [0.1, 0.15) is 12.4 Å². The summed E-state index contributed by atoms with van der Waals surface area (Å²) in [6.07, 6.45) is 0.828. The number of nitrogens with zero attached hydrogens (tertiary/aromatic N) is 2. The average molecular weight is 354 g/mol. The number of nitrogen functional groups attached to an aromatic ring is 1. The van der Waals surface area contributed by atoms with E-state index in [0.29, 0.717) is 12.4 Å². The predicted octanol–water partition coefficient (Wildman–Crippen LogP) is 2.60. The van der Waals surface area contributed by atoms with E-state index in [1.165, 1.54) is 12.1 Å². The fourth-order valence-electron chi connectivity index (χ4n) is 1.95. The number of benzene rings is 1. The minimum Gasteiger partial charge on any atom is -0.487 e. The van der Waals surface area contributed by atoms with E-state index in [9.17, 15) is 4.79 Å². The van der Waals surface area contributed by atoms with Crippen LogP contribution in [0, 0.1) is 0 Å². The zero-order valence-corrected chi connectivity index (χ0v) is 13.3. The molecule has 0 aliphatic heterocycles. The molecule has 0 amide bonds. The van der Waals surface area contributed by atoms with Crippen LogP contribution in [0.1, 0.15) is 28.7 Å². The fraction of sp³-hybridized carbons (Fsp3) is 0.286. The Morgan fingerprint density at radius 3 is 2.76 bits per heavy atom. The molecule has 0 unspecified atom stereocenters. The lowest BCUT2D eigenvalue weighted by Crippen LogP contribution is -2.05. The molecule has 0 atom stereocenters. The van der Waals surface area contributed by atoms with Crippen LogP contribution in [0.15, 0.2) is 22.7 Å². The number of hydrogen-bond acceptors (Lipinski definition) is 4. The van der Waals surface area contributed by atoms with Crippen LogP contribution in [0.25, 0.3) is 0 Å². The highest BCUT2D eigenvalue weighted by atomic mass is 79.9. The Hall–Kier alpha value is -2.02. The van der Waals surface area contributed by atoms with E-state index in [1.54, 1.807) is 10.7 Å². The summed E-state index contributed by atoms with van der Waals surface area (Å²) in [6, 6.07) is 4.53. The summed E-state index contributed by atoms with van der Waals surface area (Å²) in [6.45, 7) is 2.35. The van der Waals surface area contributed by atoms with Gasteiger partial charge in [0.05, 0.1) is 21.4 Å². The molecule has 0 saturated heterocycles. The van der Waals surface area contributed by atoms with E-state index in [-0.39, 0.29) is 11.3 Å². The summed E-state index contributed by atoms with van der Waals surface area (Å²) in [4.78, 5) is 10.9. The highest BCUT2D eigenvalue weighted by Gasteiger charge is 2.14. The second-order valence-electron chi connectivity index (χ2n) is 4.53. The minimum absolute atomic E-state index is 0.0670. The van der Waals surface area contributed by atoms with Crippen molar-refractivity contribution >= 4 is 27.6 Å². The number of aromatic nitrogens is 2. The summed E-state index contributed by atoms with van der Waals surface area (Å²) in [5.74, 6) is -0.537. The molecule has 0 fully saturated rings. The van der Waals surface area contributed by atoms with Gasteiger partial charge in [0, 0.05) is 18.8 Å². The molecule has 3 N–H and O–H groups in total.